The molecule has 0 aliphatic carbocycles. The molecule has 0 fully saturated rings. The van der Waals surface area contributed by atoms with Gasteiger partial charge in [-0.3, -0.25) is 4.84 Å². The highest BCUT2D eigenvalue weighted by Crippen LogP contribution is 2.21. The van der Waals surface area contributed by atoms with Gasteiger partial charge in [-0.15, -0.1) is 0 Å². The summed E-state index contributed by atoms with van der Waals surface area (Å²) in [4.78, 5) is 42.5. The van der Waals surface area contributed by atoms with Gasteiger partial charge in [0.25, 0.3) is 17.8 Å². The summed E-state index contributed by atoms with van der Waals surface area (Å²) in [5.41, 5.74) is 0. The molecule has 0 saturated carbocycles. The van der Waals surface area contributed by atoms with Crippen LogP contribution < -0.4 is 15.5 Å². The summed E-state index contributed by atoms with van der Waals surface area (Å²) in [6, 6.07) is 0. The van der Waals surface area contributed by atoms with Crippen molar-refractivity contribution in [1.29, 1.82) is 0 Å². The van der Waals surface area contributed by atoms with Crippen LogP contribution in [0, 0.1) is 0 Å². The lowest BCUT2D eigenvalue weighted by molar-refractivity contribution is -0.0974. The molecule has 0 unspecified atom stereocenters. The lowest BCUT2D eigenvalue weighted by Crippen LogP contribution is -2.34. The molecule has 1 aromatic rings. The quantitative estimate of drug-likeness (QED) is 0.131. The summed E-state index contributed by atoms with van der Waals surface area (Å²) in [7, 11) is 0. The maximum Gasteiger partial charge on any atom is 0.284 e. The molecule has 12 nitrogen and oxygen atoms in total. The van der Waals surface area contributed by atoms with Crippen molar-refractivity contribution in [1.82, 2.24) is 15.0 Å². The molecule has 0 amide bonds. The second kappa shape index (κ2) is 19.5. The minimum Gasteiger partial charge on any atom is -0.359 e. The van der Waals surface area contributed by atoms with Gasteiger partial charge in [0.05, 0.1) is 33.0 Å². The fraction of sp³-hybridized carbons (Fsp3) is 0.864. The van der Waals surface area contributed by atoms with Gasteiger partial charge in [0.15, 0.2) is 0 Å². The third-order valence-electron chi connectivity index (χ3n) is 3.81. The predicted octanol–water partition coefficient (Wildman–Crippen LogP) is 4.38. The first-order chi connectivity index (χ1) is 16.6. The molecule has 34 heavy (non-hydrogen) atoms. The Morgan fingerprint density at radius 3 is 1.21 bits per heavy atom. The topological polar surface area (TPSA) is 104 Å². The van der Waals surface area contributed by atoms with Crippen LogP contribution >= 0.6 is 0 Å². The third kappa shape index (κ3) is 11.5. The molecule has 1 rings (SSSR count). The van der Waals surface area contributed by atoms with Crippen molar-refractivity contribution < 1.29 is 28.9 Å². The summed E-state index contributed by atoms with van der Waals surface area (Å²) in [5.74, 6) is 0.514. The van der Waals surface area contributed by atoms with Crippen molar-refractivity contribution in [3.63, 3.8) is 0 Å². The molecule has 12 heteroatoms. The molecule has 0 radical (unpaired) electrons. The zero-order valence-corrected chi connectivity index (χ0v) is 21.8. The van der Waals surface area contributed by atoms with Crippen LogP contribution in [-0.4, -0.2) is 61.3 Å². The Kier molecular flexibility index (Phi) is 17.3. The second-order valence-electron chi connectivity index (χ2n) is 7.33. The zero-order chi connectivity index (χ0) is 25.0. The first kappa shape index (κ1) is 30.2. The summed E-state index contributed by atoms with van der Waals surface area (Å²) in [6.07, 6.45) is 4.85. The molecule has 0 aliphatic rings. The number of hydrogen-bond donors (Lipinski definition) is 0. The zero-order valence-electron chi connectivity index (χ0n) is 21.8. The highest BCUT2D eigenvalue weighted by Gasteiger charge is 2.23. The molecule has 0 atom stereocenters. The van der Waals surface area contributed by atoms with E-state index in [1.807, 2.05) is 41.5 Å². The molecule has 0 bridgehead atoms. The number of aromatic nitrogens is 3. The van der Waals surface area contributed by atoms with Gasteiger partial charge in [0.1, 0.15) is 6.73 Å². The van der Waals surface area contributed by atoms with Gasteiger partial charge in [-0.05, 0) is 38.5 Å². The Hall–Kier alpha value is -1.83. The monoisotopic (exact) mass is 488 g/mol. The molecule has 1 heterocycles. The standard InChI is InChI=1S/C22H44N6O6/c1-7-13-29-19-26(30-14-8-2)20-23-21(27(31-15-9-3)32-16-10-4)25-22(24-20)28(33-17-11-5)34-18-12-6/h7-19H2,1-6H3. The van der Waals surface area contributed by atoms with Crippen LogP contribution in [0.4, 0.5) is 17.8 Å². The average Bonchev–Trinajstić information content (AvgIpc) is 2.86. The van der Waals surface area contributed by atoms with E-state index in [-0.39, 0.29) is 24.6 Å². The largest absolute Gasteiger partial charge is 0.359 e. The van der Waals surface area contributed by atoms with Gasteiger partial charge in [-0.1, -0.05) is 52.0 Å². The van der Waals surface area contributed by atoms with Gasteiger partial charge in [-0.25, -0.2) is 19.4 Å². The molecule has 0 N–H and O–H groups in total. The number of hydrogen-bond acceptors (Lipinski definition) is 12. The highest BCUT2D eigenvalue weighted by molar-refractivity contribution is 5.41. The van der Waals surface area contributed by atoms with E-state index in [1.54, 1.807) is 0 Å². The van der Waals surface area contributed by atoms with E-state index in [9.17, 15) is 0 Å². The Morgan fingerprint density at radius 2 is 0.824 bits per heavy atom. The van der Waals surface area contributed by atoms with Crippen LogP contribution in [0.25, 0.3) is 0 Å². The lowest BCUT2D eigenvalue weighted by atomic mass is 10.5. The third-order valence-corrected chi connectivity index (χ3v) is 3.81. The van der Waals surface area contributed by atoms with Crippen LogP contribution in [0.5, 0.6) is 0 Å². The summed E-state index contributed by atoms with van der Waals surface area (Å²) in [5, 5.41) is 3.91. The van der Waals surface area contributed by atoms with E-state index >= 15 is 0 Å². The first-order valence-electron chi connectivity index (χ1n) is 12.5. The average molecular weight is 489 g/mol. The van der Waals surface area contributed by atoms with E-state index in [2.05, 4.69) is 15.0 Å². The van der Waals surface area contributed by atoms with Crippen LogP contribution in [0.15, 0.2) is 0 Å². The molecule has 0 spiro atoms. The Bertz CT molecular complexity index is 575. The van der Waals surface area contributed by atoms with E-state index in [0.717, 1.165) is 38.5 Å². The smallest absolute Gasteiger partial charge is 0.284 e. The number of anilines is 3. The maximum absolute atomic E-state index is 5.87. The van der Waals surface area contributed by atoms with Crippen LogP contribution in [-0.2, 0) is 28.9 Å². The second-order valence-corrected chi connectivity index (χ2v) is 7.33. The molecule has 1 aromatic heterocycles. The van der Waals surface area contributed by atoms with E-state index in [4.69, 9.17) is 28.9 Å². The van der Waals surface area contributed by atoms with Gasteiger partial charge >= 0.3 is 0 Å². The number of hydroxylamine groups is 1. The Balaban J connectivity index is 3.43. The first-order valence-corrected chi connectivity index (χ1v) is 12.5. The van der Waals surface area contributed by atoms with Crippen molar-refractivity contribution in [2.75, 3.05) is 61.9 Å². The summed E-state index contributed by atoms with van der Waals surface area (Å²) < 4.78 is 5.71. The molecule has 0 aliphatic heterocycles. The van der Waals surface area contributed by atoms with Crippen molar-refractivity contribution >= 4 is 17.8 Å². The van der Waals surface area contributed by atoms with Crippen LogP contribution in [0.3, 0.4) is 0 Å². The van der Waals surface area contributed by atoms with Crippen molar-refractivity contribution in [3.8, 4) is 0 Å². The van der Waals surface area contributed by atoms with Gasteiger partial charge in [-0.2, -0.15) is 20.0 Å². The Labute approximate surface area is 204 Å². The fourth-order valence-electron chi connectivity index (χ4n) is 2.27. The van der Waals surface area contributed by atoms with Crippen molar-refractivity contribution in [2.24, 2.45) is 0 Å². The molecular weight excluding hydrogens is 444 g/mol. The number of rotatable bonds is 22. The van der Waals surface area contributed by atoms with Crippen LogP contribution in [0.1, 0.15) is 80.1 Å². The SMILES string of the molecule is CCCOCN(OCCC)c1nc(N(OCCC)OCCC)nc(N(OCCC)OCCC)n1. The van der Waals surface area contributed by atoms with E-state index < -0.39 is 0 Å². The summed E-state index contributed by atoms with van der Waals surface area (Å²) in [6.45, 7) is 15.0. The molecule has 198 valence electrons. The predicted molar refractivity (Wildman–Crippen MR) is 130 cm³/mol. The highest BCUT2D eigenvalue weighted by atomic mass is 17.0. The molecule has 0 aromatic carbocycles. The maximum atomic E-state index is 5.87. The lowest BCUT2D eigenvalue weighted by Gasteiger charge is -2.26. The van der Waals surface area contributed by atoms with Gasteiger partial charge < -0.3 is 4.74 Å². The fourth-order valence-corrected chi connectivity index (χ4v) is 2.27. The molecule has 0 saturated heterocycles. The molecular formula is C22H44N6O6. The van der Waals surface area contributed by atoms with Crippen molar-refractivity contribution in [3.05, 3.63) is 0 Å². The summed E-state index contributed by atoms with van der Waals surface area (Å²) >= 11 is 0. The van der Waals surface area contributed by atoms with E-state index in [1.165, 1.54) is 15.5 Å². The van der Waals surface area contributed by atoms with Crippen LogP contribution in [0.2, 0.25) is 0 Å². The van der Waals surface area contributed by atoms with E-state index in [0.29, 0.717) is 39.6 Å². The van der Waals surface area contributed by atoms with Gasteiger partial charge in [0.2, 0.25) is 0 Å². The normalized spacial score (nSPS) is 11.1. The number of nitrogens with zero attached hydrogens (tertiary/aromatic N) is 6. The number of ether oxygens (including phenoxy) is 1. The Morgan fingerprint density at radius 1 is 0.471 bits per heavy atom. The van der Waals surface area contributed by atoms with Gasteiger partial charge in [0, 0.05) is 6.61 Å². The van der Waals surface area contributed by atoms with Crippen molar-refractivity contribution in [2.45, 2.75) is 80.1 Å². The minimum absolute atomic E-state index is 0.146. The minimum atomic E-state index is 0.146.